The van der Waals surface area contributed by atoms with Crippen LogP contribution in [0.25, 0.3) is 6.08 Å². The number of hydrogen-bond acceptors (Lipinski definition) is 5. The van der Waals surface area contributed by atoms with Crippen molar-refractivity contribution < 1.29 is 18.4 Å². The summed E-state index contributed by atoms with van der Waals surface area (Å²) in [5.41, 5.74) is 0.0885. The Hall–Kier alpha value is -2.87. The second-order valence-corrected chi connectivity index (χ2v) is 5.89. The molecule has 2 N–H and O–H groups in total. The first-order valence-electron chi connectivity index (χ1n) is 6.11. The summed E-state index contributed by atoms with van der Waals surface area (Å²) in [5, 5.41) is 21.2. The maximum atomic E-state index is 11.9. The summed E-state index contributed by atoms with van der Waals surface area (Å²) >= 11 is 0. The molecule has 0 heterocycles. The van der Waals surface area contributed by atoms with Gasteiger partial charge in [-0.05, 0) is 17.7 Å². The summed E-state index contributed by atoms with van der Waals surface area (Å²) < 4.78 is 25.9. The van der Waals surface area contributed by atoms with E-state index in [0.29, 0.717) is 5.56 Å². The summed E-state index contributed by atoms with van der Waals surface area (Å²) in [7, 11) is -3.91. The van der Waals surface area contributed by atoms with E-state index < -0.39 is 20.7 Å². The third-order valence-electron chi connectivity index (χ3n) is 2.68. The number of sulfonamides is 1. The summed E-state index contributed by atoms with van der Waals surface area (Å²) in [6.07, 6.45) is 1.37. The minimum Gasteiger partial charge on any atom is -0.506 e. The van der Waals surface area contributed by atoms with E-state index >= 15 is 0 Å². The molecule has 8 heteroatoms. The van der Waals surface area contributed by atoms with E-state index in [9.17, 15) is 23.6 Å². The van der Waals surface area contributed by atoms with Gasteiger partial charge in [0.05, 0.1) is 16.0 Å². The van der Waals surface area contributed by atoms with Crippen LogP contribution in [0.15, 0.2) is 53.9 Å². The quantitative estimate of drug-likeness (QED) is 0.500. The molecule has 0 saturated carbocycles. The Morgan fingerprint density at radius 1 is 1.14 bits per heavy atom. The summed E-state index contributed by atoms with van der Waals surface area (Å²) in [6.45, 7) is 0. The Morgan fingerprint density at radius 3 is 2.45 bits per heavy atom. The van der Waals surface area contributed by atoms with Gasteiger partial charge in [-0.25, -0.2) is 8.42 Å². The average Bonchev–Trinajstić information content (AvgIpc) is 2.48. The lowest BCUT2D eigenvalue weighted by Gasteiger charge is -2.06. The lowest BCUT2D eigenvalue weighted by molar-refractivity contribution is -0.384. The van der Waals surface area contributed by atoms with E-state index in [2.05, 4.69) is 4.72 Å². The van der Waals surface area contributed by atoms with Gasteiger partial charge in [0.15, 0.2) is 0 Å². The molecular weight excluding hydrogens is 308 g/mol. The lowest BCUT2D eigenvalue weighted by Crippen LogP contribution is -2.09. The van der Waals surface area contributed by atoms with Gasteiger partial charge < -0.3 is 5.11 Å². The summed E-state index contributed by atoms with van der Waals surface area (Å²) in [6, 6.07) is 11.8. The molecule has 2 aromatic carbocycles. The van der Waals surface area contributed by atoms with Gasteiger partial charge in [0.2, 0.25) is 0 Å². The van der Waals surface area contributed by atoms with Gasteiger partial charge in [-0.1, -0.05) is 30.3 Å². The molecule has 0 unspecified atom stereocenters. The van der Waals surface area contributed by atoms with E-state index in [0.717, 1.165) is 23.6 Å². The van der Waals surface area contributed by atoms with Gasteiger partial charge in [-0.2, -0.15) is 0 Å². The van der Waals surface area contributed by atoms with Crippen molar-refractivity contribution in [1.82, 2.24) is 0 Å². The standard InChI is InChI=1S/C14H12N2O5S/c17-14-7-6-12(16(18)19)10-13(14)15-22(20,21)9-8-11-4-2-1-3-5-11/h1-10,15,17H/b9-8+. The molecular formula is C14H12N2O5S. The van der Waals surface area contributed by atoms with E-state index in [1.165, 1.54) is 6.08 Å². The maximum Gasteiger partial charge on any atom is 0.271 e. The van der Waals surface area contributed by atoms with Crippen LogP contribution >= 0.6 is 0 Å². The maximum absolute atomic E-state index is 11.9. The highest BCUT2D eigenvalue weighted by Crippen LogP contribution is 2.28. The van der Waals surface area contributed by atoms with Crippen molar-refractivity contribution in [3.8, 4) is 5.75 Å². The fourth-order valence-corrected chi connectivity index (χ4v) is 2.51. The number of phenols is 1. The molecule has 0 atom stereocenters. The Morgan fingerprint density at radius 2 is 1.82 bits per heavy atom. The van der Waals surface area contributed by atoms with Crippen molar-refractivity contribution in [1.29, 1.82) is 0 Å². The number of nitrogens with one attached hydrogen (secondary N) is 1. The minimum atomic E-state index is -3.91. The average molecular weight is 320 g/mol. The molecule has 0 amide bonds. The molecule has 0 radical (unpaired) electrons. The Balaban J connectivity index is 2.24. The Labute approximate surface area is 126 Å². The number of hydrogen-bond donors (Lipinski definition) is 2. The predicted octanol–water partition coefficient (Wildman–Crippen LogP) is 2.71. The van der Waals surface area contributed by atoms with Crippen LogP contribution in [0.3, 0.4) is 0 Å². The fraction of sp³-hybridized carbons (Fsp3) is 0. The molecule has 7 nitrogen and oxygen atoms in total. The molecule has 2 rings (SSSR count). The van der Waals surface area contributed by atoms with Gasteiger partial charge >= 0.3 is 0 Å². The van der Waals surface area contributed by atoms with Gasteiger partial charge in [0, 0.05) is 12.1 Å². The van der Waals surface area contributed by atoms with Gasteiger partial charge in [0.25, 0.3) is 15.7 Å². The first-order chi connectivity index (χ1) is 10.4. The molecule has 0 aliphatic carbocycles. The number of nitro groups is 1. The van der Waals surface area contributed by atoms with Crippen LogP contribution in [-0.2, 0) is 10.0 Å². The Bertz CT molecular complexity index is 816. The van der Waals surface area contributed by atoms with Gasteiger partial charge in [-0.3, -0.25) is 14.8 Å². The SMILES string of the molecule is O=[N+]([O-])c1ccc(O)c(NS(=O)(=O)/C=C/c2ccccc2)c1. The third-order valence-corrected chi connectivity index (χ3v) is 3.68. The van der Waals surface area contributed by atoms with Crippen LogP contribution in [0.2, 0.25) is 0 Å². The molecule has 0 saturated heterocycles. The number of anilines is 1. The summed E-state index contributed by atoms with van der Waals surface area (Å²) in [4.78, 5) is 9.99. The largest absolute Gasteiger partial charge is 0.506 e. The van der Waals surface area contributed by atoms with Crippen LogP contribution in [0.5, 0.6) is 5.75 Å². The number of non-ortho nitro benzene ring substituents is 1. The van der Waals surface area contributed by atoms with Gasteiger partial charge in [-0.15, -0.1) is 0 Å². The fourth-order valence-electron chi connectivity index (χ4n) is 1.64. The normalized spacial score (nSPS) is 11.5. The van der Waals surface area contributed by atoms with E-state index in [4.69, 9.17) is 0 Å². The second kappa shape index (κ2) is 6.27. The zero-order chi connectivity index (χ0) is 16.2. The van der Waals surface area contributed by atoms with Crippen LogP contribution in [-0.4, -0.2) is 18.4 Å². The molecule has 0 fully saturated rings. The molecule has 114 valence electrons. The highest BCUT2D eigenvalue weighted by atomic mass is 32.2. The number of aromatic hydroxyl groups is 1. The molecule has 2 aromatic rings. The van der Waals surface area contributed by atoms with Crippen LogP contribution in [0, 0.1) is 10.1 Å². The molecule has 22 heavy (non-hydrogen) atoms. The summed E-state index contributed by atoms with van der Waals surface area (Å²) in [5.74, 6) is -0.401. The zero-order valence-electron chi connectivity index (χ0n) is 11.2. The van der Waals surface area contributed by atoms with Crippen LogP contribution in [0.4, 0.5) is 11.4 Å². The van der Waals surface area contributed by atoms with E-state index in [-0.39, 0.29) is 11.4 Å². The molecule has 0 bridgehead atoms. The number of benzene rings is 2. The lowest BCUT2D eigenvalue weighted by atomic mass is 10.2. The first-order valence-corrected chi connectivity index (χ1v) is 7.65. The van der Waals surface area contributed by atoms with Crippen molar-refractivity contribution in [3.63, 3.8) is 0 Å². The highest BCUT2D eigenvalue weighted by Gasteiger charge is 2.14. The predicted molar refractivity (Wildman–Crippen MR) is 82.8 cm³/mol. The van der Waals surface area contributed by atoms with Crippen LogP contribution in [0.1, 0.15) is 5.56 Å². The van der Waals surface area contributed by atoms with Crippen molar-refractivity contribution in [2.24, 2.45) is 0 Å². The molecule has 0 aliphatic heterocycles. The number of phenolic OH excluding ortho intramolecular Hbond substituents is 1. The number of nitro benzene ring substituents is 1. The minimum absolute atomic E-state index is 0.257. The van der Waals surface area contributed by atoms with Crippen molar-refractivity contribution in [3.05, 3.63) is 69.6 Å². The van der Waals surface area contributed by atoms with Crippen LogP contribution < -0.4 is 4.72 Å². The van der Waals surface area contributed by atoms with Crippen molar-refractivity contribution in [2.75, 3.05) is 4.72 Å². The topological polar surface area (TPSA) is 110 Å². The number of rotatable bonds is 5. The molecule has 0 aromatic heterocycles. The number of nitrogens with zero attached hydrogens (tertiary/aromatic N) is 1. The second-order valence-electron chi connectivity index (χ2n) is 4.32. The monoisotopic (exact) mass is 320 g/mol. The highest BCUT2D eigenvalue weighted by molar-refractivity contribution is 7.95. The van der Waals surface area contributed by atoms with Crippen molar-refractivity contribution >= 4 is 27.5 Å². The van der Waals surface area contributed by atoms with Crippen molar-refractivity contribution in [2.45, 2.75) is 0 Å². The molecule has 0 spiro atoms. The van der Waals surface area contributed by atoms with Gasteiger partial charge in [0.1, 0.15) is 5.75 Å². The smallest absolute Gasteiger partial charge is 0.271 e. The molecule has 0 aliphatic rings. The van der Waals surface area contributed by atoms with E-state index in [1.807, 2.05) is 0 Å². The Kier molecular flexibility index (Phi) is 4.42. The zero-order valence-corrected chi connectivity index (χ0v) is 12.0. The van der Waals surface area contributed by atoms with E-state index in [1.54, 1.807) is 30.3 Å². The third kappa shape index (κ3) is 4.06. The first kappa shape index (κ1) is 15.5.